The van der Waals surface area contributed by atoms with Gasteiger partial charge >= 0.3 is 6.09 Å². The summed E-state index contributed by atoms with van der Waals surface area (Å²) in [6.07, 6.45) is -0.272. The van der Waals surface area contributed by atoms with Gasteiger partial charge in [0.25, 0.3) is 0 Å². The normalized spacial score (nSPS) is 12.6. The van der Waals surface area contributed by atoms with Crippen LogP contribution in [0, 0.1) is 0 Å². The van der Waals surface area contributed by atoms with E-state index in [0.717, 1.165) is 11.3 Å². The van der Waals surface area contributed by atoms with Gasteiger partial charge in [0.2, 0.25) is 0 Å². The molecule has 0 bridgehead atoms. The quantitative estimate of drug-likeness (QED) is 0.833. The summed E-state index contributed by atoms with van der Waals surface area (Å²) in [5.74, 6) is 0.868. The van der Waals surface area contributed by atoms with E-state index in [1.165, 1.54) is 0 Å². The zero-order valence-electron chi connectivity index (χ0n) is 15.2. The first kappa shape index (κ1) is 19.3. The summed E-state index contributed by atoms with van der Waals surface area (Å²) in [6.45, 7) is 11.6. The van der Waals surface area contributed by atoms with Crippen molar-refractivity contribution in [3.63, 3.8) is 0 Å². The summed E-state index contributed by atoms with van der Waals surface area (Å²) in [6, 6.07) is 8.09. The second-order valence-corrected chi connectivity index (χ2v) is 6.48. The van der Waals surface area contributed by atoms with Gasteiger partial charge in [0.1, 0.15) is 11.4 Å². The van der Waals surface area contributed by atoms with Crippen LogP contribution in [0.25, 0.3) is 0 Å². The molecular weight excluding hydrogens is 292 g/mol. The third kappa shape index (κ3) is 6.48. The Kier molecular flexibility index (Phi) is 7.36. The van der Waals surface area contributed by atoms with Crippen molar-refractivity contribution in [2.24, 2.45) is 0 Å². The molecule has 0 aliphatic carbocycles. The zero-order valence-corrected chi connectivity index (χ0v) is 15.2. The molecule has 1 aromatic carbocycles. The average molecular weight is 322 g/mol. The van der Waals surface area contributed by atoms with Crippen molar-refractivity contribution in [3.8, 4) is 5.75 Å². The number of nitrogens with zero attached hydrogens (tertiary/aromatic N) is 1. The second kappa shape index (κ2) is 8.77. The fourth-order valence-corrected chi connectivity index (χ4v) is 2.26. The first-order chi connectivity index (χ1) is 10.8. The van der Waals surface area contributed by atoms with Crippen LogP contribution in [0.3, 0.4) is 0 Å². The number of likely N-dealkylation sites (N-methyl/N-ethyl adjacent to an activating group) is 1. The first-order valence-corrected chi connectivity index (χ1v) is 8.12. The van der Waals surface area contributed by atoms with E-state index in [-0.39, 0.29) is 12.1 Å². The van der Waals surface area contributed by atoms with E-state index in [1.807, 2.05) is 52.0 Å². The van der Waals surface area contributed by atoms with Gasteiger partial charge in [-0.2, -0.15) is 0 Å². The lowest BCUT2D eigenvalue weighted by Gasteiger charge is -2.27. The Morgan fingerprint density at radius 3 is 2.52 bits per heavy atom. The molecule has 0 aromatic heterocycles. The van der Waals surface area contributed by atoms with Crippen molar-refractivity contribution < 1.29 is 14.3 Å². The monoisotopic (exact) mass is 322 g/mol. The summed E-state index contributed by atoms with van der Waals surface area (Å²) < 4.78 is 10.8. The largest absolute Gasteiger partial charge is 0.496 e. The number of hydrogen-bond acceptors (Lipinski definition) is 4. The molecule has 1 amide bonds. The number of para-hydroxylation sites is 1. The Bertz CT molecular complexity index is 497. The minimum Gasteiger partial charge on any atom is -0.496 e. The van der Waals surface area contributed by atoms with Crippen LogP contribution in [0.4, 0.5) is 4.79 Å². The molecule has 0 aliphatic heterocycles. The molecule has 1 N–H and O–H groups in total. The molecule has 0 spiro atoms. The lowest BCUT2D eigenvalue weighted by Crippen LogP contribution is -2.40. The topological polar surface area (TPSA) is 50.8 Å². The van der Waals surface area contributed by atoms with Crippen molar-refractivity contribution in [2.75, 3.05) is 26.7 Å². The van der Waals surface area contributed by atoms with Crippen molar-refractivity contribution in [1.82, 2.24) is 10.2 Å². The van der Waals surface area contributed by atoms with Crippen LogP contribution >= 0.6 is 0 Å². The molecule has 0 fully saturated rings. The van der Waals surface area contributed by atoms with Crippen molar-refractivity contribution in [1.29, 1.82) is 0 Å². The predicted octanol–water partition coefficient (Wildman–Crippen LogP) is 3.60. The van der Waals surface area contributed by atoms with Gasteiger partial charge in [0, 0.05) is 31.2 Å². The summed E-state index contributed by atoms with van der Waals surface area (Å²) in [5, 5.41) is 3.43. The molecule has 1 atom stereocenters. The summed E-state index contributed by atoms with van der Waals surface area (Å²) in [4.78, 5) is 13.8. The van der Waals surface area contributed by atoms with Crippen LogP contribution in [0.2, 0.25) is 0 Å². The Hall–Kier alpha value is -1.75. The van der Waals surface area contributed by atoms with Crippen molar-refractivity contribution in [2.45, 2.75) is 46.3 Å². The number of benzene rings is 1. The molecule has 5 nitrogen and oxygen atoms in total. The average Bonchev–Trinajstić information content (AvgIpc) is 2.49. The number of amides is 1. The number of carbonyl (C=O) groups excluding carboxylic acids is 1. The van der Waals surface area contributed by atoms with E-state index >= 15 is 0 Å². The summed E-state index contributed by atoms with van der Waals surface area (Å²) in [5.41, 5.74) is 0.637. The molecule has 0 heterocycles. The van der Waals surface area contributed by atoms with Crippen LogP contribution in [0.1, 0.15) is 46.2 Å². The molecular formula is C18H30N2O3. The van der Waals surface area contributed by atoms with Gasteiger partial charge in [-0.1, -0.05) is 18.2 Å². The highest BCUT2D eigenvalue weighted by atomic mass is 16.6. The minimum atomic E-state index is -0.470. The van der Waals surface area contributed by atoms with Gasteiger partial charge < -0.3 is 19.7 Å². The Balaban J connectivity index is 2.52. The molecule has 0 saturated heterocycles. The highest BCUT2D eigenvalue weighted by molar-refractivity contribution is 5.68. The molecule has 23 heavy (non-hydrogen) atoms. The van der Waals surface area contributed by atoms with Crippen molar-refractivity contribution >= 4 is 6.09 Å². The molecule has 0 saturated carbocycles. The first-order valence-electron chi connectivity index (χ1n) is 8.12. The second-order valence-electron chi connectivity index (χ2n) is 6.48. The van der Waals surface area contributed by atoms with Gasteiger partial charge in [0.15, 0.2) is 0 Å². The van der Waals surface area contributed by atoms with E-state index in [1.54, 1.807) is 12.0 Å². The Morgan fingerprint density at radius 1 is 1.30 bits per heavy atom. The highest BCUT2D eigenvalue weighted by Crippen LogP contribution is 2.24. The van der Waals surface area contributed by atoms with Gasteiger partial charge in [-0.05, 0) is 40.7 Å². The molecule has 5 heteroatoms. The molecule has 0 radical (unpaired) electrons. The van der Waals surface area contributed by atoms with E-state index in [9.17, 15) is 4.79 Å². The molecule has 130 valence electrons. The number of carbonyl (C=O) groups is 1. The third-order valence-corrected chi connectivity index (χ3v) is 3.47. The number of hydrogen-bond donors (Lipinski definition) is 1. The van der Waals surface area contributed by atoms with Gasteiger partial charge in [-0.15, -0.1) is 0 Å². The maximum Gasteiger partial charge on any atom is 0.410 e. The standard InChI is InChI=1S/C18H30N2O3/c1-7-20(17(21)23-18(3,4)5)13-12-19-14(2)15-10-8-9-11-16(15)22-6/h8-11,14,19H,7,12-13H2,1-6H3. The zero-order chi connectivity index (χ0) is 17.5. The number of ether oxygens (including phenoxy) is 2. The van der Waals surface area contributed by atoms with E-state index in [2.05, 4.69) is 12.2 Å². The lowest BCUT2D eigenvalue weighted by molar-refractivity contribution is 0.0261. The maximum atomic E-state index is 12.1. The van der Waals surface area contributed by atoms with Gasteiger partial charge in [-0.25, -0.2) is 4.79 Å². The predicted molar refractivity (Wildman–Crippen MR) is 92.9 cm³/mol. The summed E-state index contributed by atoms with van der Waals surface area (Å²) >= 11 is 0. The maximum absolute atomic E-state index is 12.1. The molecule has 1 rings (SSSR count). The minimum absolute atomic E-state index is 0.142. The van der Waals surface area contributed by atoms with E-state index in [0.29, 0.717) is 19.6 Å². The van der Waals surface area contributed by atoms with Crippen LogP contribution in [0.5, 0.6) is 5.75 Å². The SMILES string of the molecule is CCN(CCNC(C)c1ccccc1OC)C(=O)OC(C)(C)C. The van der Waals surface area contributed by atoms with Gasteiger partial charge in [0.05, 0.1) is 7.11 Å². The van der Waals surface area contributed by atoms with Crippen molar-refractivity contribution in [3.05, 3.63) is 29.8 Å². The highest BCUT2D eigenvalue weighted by Gasteiger charge is 2.21. The smallest absolute Gasteiger partial charge is 0.410 e. The number of nitrogens with one attached hydrogen (secondary N) is 1. The van der Waals surface area contributed by atoms with E-state index in [4.69, 9.17) is 9.47 Å². The molecule has 0 aliphatic rings. The van der Waals surface area contributed by atoms with E-state index < -0.39 is 5.60 Å². The van der Waals surface area contributed by atoms with Crippen LogP contribution in [-0.4, -0.2) is 43.3 Å². The lowest BCUT2D eigenvalue weighted by atomic mass is 10.1. The Labute approximate surface area is 140 Å². The van der Waals surface area contributed by atoms with Crippen LogP contribution in [-0.2, 0) is 4.74 Å². The summed E-state index contributed by atoms with van der Waals surface area (Å²) in [7, 11) is 1.67. The number of methoxy groups -OCH3 is 1. The van der Waals surface area contributed by atoms with Crippen LogP contribution in [0.15, 0.2) is 24.3 Å². The third-order valence-electron chi connectivity index (χ3n) is 3.47. The fraction of sp³-hybridized carbons (Fsp3) is 0.611. The molecule has 1 aromatic rings. The molecule has 1 unspecified atom stereocenters. The number of rotatable bonds is 7. The Morgan fingerprint density at radius 2 is 1.96 bits per heavy atom. The van der Waals surface area contributed by atoms with Crippen LogP contribution < -0.4 is 10.1 Å². The van der Waals surface area contributed by atoms with Gasteiger partial charge in [-0.3, -0.25) is 0 Å². The fourth-order valence-electron chi connectivity index (χ4n) is 2.26.